The van der Waals surface area contributed by atoms with Gasteiger partial charge in [0.25, 0.3) is 0 Å². The molecule has 304 valence electrons. The summed E-state index contributed by atoms with van der Waals surface area (Å²) in [5, 5.41) is 10.1. The van der Waals surface area contributed by atoms with E-state index in [0.29, 0.717) is 20.9 Å². The average Bonchev–Trinajstić information content (AvgIpc) is 3.48. The number of aryl methyl sites for hydroxylation is 1. The highest BCUT2D eigenvalue weighted by atomic mass is 32.2. The molecule has 2 aromatic carbocycles. The van der Waals surface area contributed by atoms with Crippen molar-refractivity contribution in [3.63, 3.8) is 0 Å². The lowest BCUT2D eigenvalue weighted by atomic mass is 9.97. The SMILES string of the molecule is CNC(=O)Nc1cc(N=C(NC(=O)OC(C)(C)C)NC(=O)OC(C)(C)C)cc(C)c1-c1cccc(S(=O)(=O)c2cc(C(N)=NC(=O)OC(C)(C)C)sc2SC)c1. The van der Waals surface area contributed by atoms with E-state index in [2.05, 4.69) is 31.3 Å². The molecule has 5 amide bonds. The van der Waals surface area contributed by atoms with Crippen molar-refractivity contribution < 1.29 is 41.8 Å². The van der Waals surface area contributed by atoms with Crippen LogP contribution in [-0.4, -0.2) is 74.6 Å². The number of thioether (sulfide) groups is 1. The number of alkyl carbamates (subject to hydrolysis) is 2. The number of amidine groups is 1. The van der Waals surface area contributed by atoms with Crippen molar-refractivity contribution in [1.29, 1.82) is 0 Å². The van der Waals surface area contributed by atoms with Crippen LogP contribution in [0.1, 0.15) is 72.8 Å². The number of carbonyl (C=O) groups excluding carboxylic acids is 4. The maximum atomic E-state index is 14.2. The minimum atomic E-state index is -4.17. The van der Waals surface area contributed by atoms with Crippen LogP contribution >= 0.6 is 23.1 Å². The lowest BCUT2D eigenvalue weighted by molar-refractivity contribution is 0.0540. The van der Waals surface area contributed by atoms with E-state index >= 15 is 0 Å². The molecule has 56 heavy (non-hydrogen) atoms. The number of thiophene rings is 1. The zero-order valence-corrected chi connectivity index (χ0v) is 35.9. The first kappa shape index (κ1) is 45.3. The number of rotatable bonds is 7. The van der Waals surface area contributed by atoms with E-state index < -0.39 is 51.0 Å². The highest BCUT2D eigenvalue weighted by Gasteiger charge is 2.27. The third-order valence-electron chi connectivity index (χ3n) is 6.71. The summed E-state index contributed by atoms with van der Waals surface area (Å²) in [6, 6.07) is 10.0. The number of urea groups is 1. The molecule has 3 rings (SSSR count). The Kier molecular flexibility index (Phi) is 14.4. The van der Waals surface area contributed by atoms with Crippen LogP contribution in [0.15, 0.2) is 66.4 Å². The summed E-state index contributed by atoms with van der Waals surface area (Å²) in [7, 11) is -2.75. The van der Waals surface area contributed by atoms with Crippen molar-refractivity contribution in [3.05, 3.63) is 52.9 Å². The fourth-order valence-corrected chi connectivity index (χ4v) is 8.66. The molecule has 0 spiro atoms. The van der Waals surface area contributed by atoms with E-state index in [4.69, 9.17) is 19.9 Å². The molecule has 3 aromatic rings. The van der Waals surface area contributed by atoms with Crippen LogP contribution < -0.4 is 27.0 Å². The van der Waals surface area contributed by atoms with E-state index in [1.54, 1.807) is 93.7 Å². The zero-order chi connectivity index (χ0) is 42.4. The van der Waals surface area contributed by atoms with E-state index in [1.807, 2.05) is 0 Å². The molecule has 6 N–H and O–H groups in total. The molecule has 0 radical (unpaired) electrons. The third kappa shape index (κ3) is 13.3. The molecule has 0 unspecified atom stereocenters. The van der Waals surface area contributed by atoms with Gasteiger partial charge in [0, 0.05) is 12.6 Å². The third-order valence-corrected chi connectivity index (χ3v) is 11.0. The Morgan fingerprint density at radius 1 is 0.839 bits per heavy atom. The van der Waals surface area contributed by atoms with Gasteiger partial charge >= 0.3 is 24.3 Å². The maximum Gasteiger partial charge on any atom is 0.436 e. The predicted octanol–water partition coefficient (Wildman–Crippen LogP) is 7.71. The van der Waals surface area contributed by atoms with Gasteiger partial charge in [0.2, 0.25) is 15.8 Å². The topological polar surface area (TPSA) is 229 Å². The van der Waals surface area contributed by atoms with Gasteiger partial charge < -0.3 is 30.6 Å². The van der Waals surface area contributed by atoms with Gasteiger partial charge in [-0.1, -0.05) is 12.1 Å². The summed E-state index contributed by atoms with van der Waals surface area (Å²) in [4.78, 5) is 58.8. The van der Waals surface area contributed by atoms with Crippen LogP contribution in [0.25, 0.3) is 11.1 Å². The second kappa shape index (κ2) is 17.8. The van der Waals surface area contributed by atoms with Crippen LogP contribution in [0.2, 0.25) is 0 Å². The van der Waals surface area contributed by atoms with Gasteiger partial charge in [-0.15, -0.1) is 23.1 Å². The second-order valence-electron chi connectivity index (χ2n) is 15.1. The largest absolute Gasteiger partial charge is 0.444 e. The van der Waals surface area contributed by atoms with Crippen LogP contribution in [0.3, 0.4) is 0 Å². The van der Waals surface area contributed by atoms with Crippen LogP contribution in [-0.2, 0) is 24.0 Å². The monoisotopic (exact) mass is 831 g/mol. The number of carbonyl (C=O) groups is 4. The Balaban J connectivity index is 2.15. The molecular weight excluding hydrogens is 783 g/mol. The number of sulfone groups is 1. The number of anilines is 1. The van der Waals surface area contributed by atoms with Gasteiger partial charge in [-0.25, -0.2) is 32.6 Å². The molecule has 0 saturated heterocycles. The molecule has 0 saturated carbocycles. The molecule has 0 aliphatic heterocycles. The number of guanidine groups is 1. The highest BCUT2D eigenvalue weighted by molar-refractivity contribution is 8.01. The Hall–Kier alpha value is -5.14. The average molecular weight is 832 g/mol. The molecule has 0 atom stereocenters. The number of nitrogens with one attached hydrogen (secondary N) is 4. The first-order chi connectivity index (χ1) is 25.7. The van der Waals surface area contributed by atoms with E-state index in [1.165, 1.54) is 43.1 Å². The Bertz CT molecular complexity index is 2130. The van der Waals surface area contributed by atoms with Gasteiger partial charge in [0.15, 0.2) is 0 Å². The van der Waals surface area contributed by atoms with Crippen molar-refractivity contribution in [2.75, 3.05) is 18.6 Å². The summed E-state index contributed by atoms with van der Waals surface area (Å²) in [5.74, 6) is -0.514. The number of benzene rings is 2. The molecular formula is C37H49N7O9S3. The fourth-order valence-electron chi connectivity index (χ4n) is 4.71. The van der Waals surface area contributed by atoms with Crippen molar-refractivity contribution >= 4 is 80.4 Å². The van der Waals surface area contributed by atoms with Gasteiger partial charge in [-0.05, 0) is 117 Å². The van der Waals surface area contributed by atoms with Gasteiger partial charge in [-0.2, -0.15) is 4.99 Å². The van der Waals surface area contributed by atoms with Crippen LogP contribution in [0, 0.1) is 6.92 Å². The van der Waals surface area contributed by atoms with Crippen LogP contribution in [0.4, 0.5) is 30.6 Å². The summed E-state index contributed by atoms with van der Waals surface area (Å²) < 4.78 is 44.7. The lowest BCUT2D eigenvalue weighted by Crippen LogP contribution is -2.47. The van der Waals surface area contributed by atoms with Crippen molar-refractivity contribution in [2.24, 2.45) is 15.7 Å². The molecule has 0 bridgehead atoms. The number of amides is 5. The molecule has 1 aromatic heterocycles. The fraction of sp³-hybridized carbons (Fsp3) is 0.405. The Morgan fingerprint density at radius 3 is 1.93 bits per heavy atom. The quantitative estimate of drug-likeness (QED) is 0.0670. The zero-order valence-electron chi connectivity index (χ0n) is 33.4. The van der Waals surface area contributed by atoms with Gasteiger partial charge in [0.05, 0.1) is 30.3 Å². The van der Waals surface area contributed by atoms with Crippen LogP contribution in [0.5, 0.6) is 0 Å². The van der Waals surface area contributed by atoms with Crippen molar-refractivity contribution in [1.82, 2.24) is 16.0 Å². The van der Waals surface area contributed by atoms with Gasteiger partial charge in [0.1, 0.15) is 22.6 Å². The minimum Gasteiger partial charge on any atom is -0.444 e. The molecule has 1 heterocycles. The number of nitrogens with zero attached hydrogens (tertiary/aromatic N) is 2. The highest BCUT2D eigenvalue weighted by Crippen LogP contribution is 2.40. The minimum absolute atomic E-state index is 0.0305. The summed E-state index contributed by atoms with van der Waals surface area (Å²) >= 11 is 2.26. The molecule has 16 nitrogen and oxygen atoms in total. The van der Waals surface area contributed by atoms with Crippen molar-refractivity contribution in [3.8, 4) is 11.1 Å². The predicted molar refractivity (Wildman–Crippen MR) is 219 cm³/mol. The Labute approximate surface area is 335 Å². The summed E-state index contributed by atoms with van der Waals surface area (Å²) in [6.07, 6.45) is -0.992. The molecule has 19 heteroatoms. The van der Waals surface area contributed by atoms with Crippen molar-refractivity contribution in [2.45, 2.75) is 100 Å². The smallest absolute Gasteiger partial charge is 0.436 e. The second-order valence-corrected chi connectivity index (χ2v) is 19.1. The van der Waals surface area contributed by atoms with E-state index in [9.17, 15) is 27.6 Å². The first-order valence-electron chi connectivity index (χ1n) is 17.0. The number of aliphatic imine (C=N–C) groups is 2. The normalized spacial score (nSPS) is 12.2. The lowest BCUT2D eigenvalue weighted by Gasteiger charge is -2.22. The first-order valence-corrected chi connectivity index (χ1v) is 20.6. The molecule has 0 fully saturated rings. The number of hydrogen-bond acceptors (Lipinski definition) is 12. The number of ether oxygens (including phenoxy) is 3. The molecule has 0 aliphatic rings. The molecule has 0 aliphatic carbocycles. The standard InChI is InChI=1S/C37H49N7O9S3/c1-20-16-22(40-30(43-33(47)52-36(5,6)7)44-34(48)53-37(8,9)10)18-24(41-31(45)39-11)27(20)21-14-13-15-23(17-21)56(49,50)26-19-25(55-29(26)54-12)28(38)42-32(46)51-35(2,3)4/h13-19H,1-12H3,(H2,38,42,46)(H2,39,41,45)(H2,40,43,44,47,48). The number of hydrogen-bond donors (Lipinski definition) is 5. The summed E-state index contributed by atoms with van der Waals surface area (Å²) in [5.41, 5.74) is 5.41. The summed E-state index contributed by atoms with van der Waals surface area (Å²) in [6.45, 7) is 16.8. The van der Waals surface area contributed by atoms with E-state index in [-0.39, 0.29) is 37.8 Å². The van der Waals surface area contributed by atoms with Gasteiger partial charge in [-0.3, -0.25) is 10.6 Å². The number of nitrogens with two attached hydrogens (primary N) is 1. The van der Waals surface area contributed by atoms with E-state index in [0.717, 1.165) is 11.3 Å². The maximum absolute atomic E-state index is 14.2. The Morgan fingerprint density at radius 2 is 1.41 bits per heavy atom.